The lowest BCUT2D eigenvalue weighted by Crippen LogP contribution is -2.63. The lowest BCUT2D eigenvalue weighted by atomic mass is 9.46. The van der Waals surface area contributed by atoms with Gasteiger partial charge in [-0.05, 0) is 61.5 Å². The van der Waals surface area contributed by atoms with Crippen molar-refractivity contribution in [3.05, 3.63) is 48.0 Å². The molecule has 194 valence electrons. The molecule has 36 heavy (non-hydrogen) atoms. The molecule has 0 spiro atoms. The molecule has 2 heterocycles. The molecule has 0 amide bonds. The number of carbonyl (C=O) groups is 2. The number of aliphatic hydroxyl groups is 1. The molecular weight excluding hydrogens is 474 g/mol. The maximum atomic E-state index is 14.1. The van der Waals surface area contributed by atoms with E-state index in [4.69, 9.17) is 9.25 Å². The first-order chi connectivity index (χ1) is 17.2. The molecule has 4 aliphatic carbocycles. The summed E-state index contributed by atoms with van der Waals surface area (Å²) in [7, 11) is 0. The molecule has 4 fully saturated rings. The van der Waals surface area contributed by atoms with Crippen LogP contribution < -0.4 is 0 Å². The predicted molar refractivity (Wildman–Crippen MR) is 138 cm³/mol. The number of rotatable bonds is 6. The van der Waals surface area contributed by atoms with E-state index in [9.17, 15) is 14.7 Å². The monoisotopic (exact) mass is 511 g/mol. The van der Waals surface area contributed by atoms with Gasteiger partial charge in [-0.25, -0.2) is 0 Å². The second kappa shape index (κ2) is 8.69. The Kier molecular flexibility index (Phi) is 5.95. The molecule has 0 unspecified atom stereocenters. The maximum Gasteiger partial charge on any atom is 0.178 e. The zero-order valence-electron chi connectivity index (χ0n) is 21.4. The average Bonchev–Trinajstić information content (AvgIpc) is 3.53. The van der Waals surface area contributed by atoms with E-state index in [0.29, 0.717) is 37.1 Å². The van der Waals surface area contributed by atoms with Crippen molar-refractivity contribution in [3.63, 3.8) is 0 Å². The molecule has 7 heteroatoms. The molecule has 3 saturated carbocycles. The molecule has 0 bridgehead atoms. The Labute approximate surface area is 217 Å². The van der Waals surface area contributed by atoms with Crippen LogP contribution in [0.25, 0.3) is 0 Å². The van der Waals surface area contributed by atoms with E-state index >= 15 is 0 Å². The third-order valence-corrected chi connectivity index (χ3v) is 11.2. The molecule has 1 N–H and O–H groups in total. The number of ketones is 2. The first-order valence-electron chi connectivity index (χ1n) is 13.4. The summed E-state index contributed by atoms with van der Waals surface area (Å²) >= 11 is 1.66. The van der Waals surface area contributed by atoms with Crippen LogP contribution in [-0.4, -0.2) is 51.5 Å². The average molecular weight is 512 g/mol. The van der Waals surface area contributed by atoms with E-state index in [2.05, 4.69) is 20.8 Å². The summed E-state index contributed by atoms with van der Waals surface area (Å²) in [6.07, 6.45) is 11.7. The van der Waals surface area contributed by atoms with Crippen molar-refractivity contribution in [2.24, 2.45) is 34.5 Å². The molecule has 8 atom stereocenters. The number of aliphatic hydroxyl groups excluding tert-OH is 1. The van der Waals surface area contributed by atoms with Gasteiger partial charge < -0.3 is 9.52 Å². The number of carbonyl (C=O) groups excluding carboxylic acids is 2. The van der Waals surface area contributed by atoms with Gasteiger partial charge in [-0.15, -0.1) is 0 Å². The number of fused-ring (bicyclic) bond motifs is 7. The number of thioether (sulfide) groups is 1. The van der Waals surface area contributed by atoms with Gasteiger partial charge in [-0.1, -0.05) is 32.4 Å². The number of hydroxylamine groups is 2. The van der Waals surface area contributed by atoms with E-state index in [1.165, 1.54) is 0 Å². The molecular formula is C29H37NO5S. The molecule has 1 aromatic rings. The first kappa shape index (κ1) is 24.7. The summed E-state index contributed by atoms with van der Waals surface area (Å²) in [6.45, 7) is 7.80. The molecule has 0 radical (unpaired) electrons. The van der Waals surface area contributed by atoms with Gasteiger partial charge in [0.05, 0.1) is 30.9 Å². The number of nitrogens with zero attached hydrogens (tertiary/aromatic N) is 1. The highest BCUT2D eigenvalue weighted by Crippen LogP contribution is 2.70. The van der Waals surface area contributed by atoms with E-state index < -0.39 is 17.1 Å². The van der Waals surface area contributed by atoms with Gasteiger partial charge >= 0.3 is 0 Å². The molecule has 1 aromatic heterocycles. The zero-order chi connectivity index (χ0) is 25.3. The van der Waals surface area contributed by atoms with Crippen LogP contribution in [-0.2, 0) is 21.0 Å². The van der Waals surface area contributed by atoms with Crippen LogP contribution in [0.1, 0.15) is 52.0 Å². The summed E-state index contributed by atoms with van der Waals surface area (Å²) < 4.78 is 5.27. The minimum absolute atomic E-state index is 0.0514. The standard InChI is InChI=1S/C29H37NO5S/c1-4-36-17-25(33)29-20(15-30(35-29)14-18-8-10-34-16-18)12-23-22-6-5-19-11-21(31)7-9-27(19,2)26(22)24(32)13-28(23,29)3/h7-11,16,20,22-24,26,32H,4-6,12-15,17H2,1-3H3/t20-,22-,23-,24-,26+,27-,28-,29-/m0/s1. The van der Waals surface area contributed by atoms with Gasteiger partial charge in [-0.2, -0.15) is 16.8 Å². The Morgan fingerprint density at radius 2 is 2.17 bits per heavy atom. The van der Waals surface area contributed by atoms with Gasteiger partial charge in [0.1, 0.15) is 0 Å². The number of allylic oxidation sites excluding steroid dienone is 4. The van der Waals surface area contributed by atoms with Crippen molar-refractivity contribution in [2.45, 2.75) is 64.7 Å². The number of furan rings is 1. The summed E-state index contributed by atoms with van der Waals surface area (Å²) in [4.78, 5) is 33.0. The van der Waals surface area contributed by atoms with Crippen LogP contribution in [0.2, 0.25) is 0 Å². The SMILES string of the molecule is CCSCC(=O)[C@@]12ON(Cc3ccoc3)C[C@@H]1C[C@H]1[C@@H]3CCC4=CC(=O)C=C[C@]4(C)[C@H]3[C@@H](O)C[C@@]12C. The number of Topliss-reactive ketones (excluding diaryl/α,β-unsaturated/α-hetero) is 1. The van der Waals surface area contributed by atoms with Crippen LogP contribution in [0.15, 0.2) is 46.8 Å². The van der Waals surface area contributed by atoms with Crippen LogP contribution in [0, 0.1) is 34.5 Å². The van der Waals surface area contributed by atoms with Gasteiger partial charge in [0.25, 0.3) is 0 Å². The first-order valence-corrected chi connectivity index (χ1v) is 14.6. The van der Waals surface area contributed by atoms with Crippen molar-refractivity contribution in [1.29, 1.82) is 0 Å². The zero-order valence-corrected chi connectivity index (χ0v) is 22.3. The fourth-order valence-corrected chi connectivity index (χ4v) is 9.53. The normalized spacial score (nSPS) is 43.5. The second-order valence-corrected chi connectivity index (χ2v) is 13.3. The minimum Gasteiger partial charge on any atom is -0.472 e. The predicted octanol–water partition coefficient (Wildman–Crippen LogP) is 4.59. The summed E-state index contributed by atoms with van der Waals surface area (Å²) in [6, 6.07) is 1.94. The van der Waals surface area contributed by atoms with Crippen molar-refractivity contribution < 1.29 is 24.0 Å². The van der Waals surface area contributed by atoms with Crippen LogP contribution in [0.4, 0.5) is 0 Å². The van der Waals surface area contributed by atoms with Crippen LogP contribution in [0.3, 0.4) is 0 Å². The van der Waals surface area contributed by atoms with Gasteiger partial charge in [-0.3, -0.25) is 14.4 Å². The topological polar surface area (TPSA) is 80.0 Å². The second-order valence-electron chi connectivity index (χ2n) is 12.0. The minimum atomic E-state index is -0.912. The van der Waals surface area contributed by atoms with Crippen molar-refractivity contribution in [2.75, 3.05) is 18.1 Å². The van der Waals surface area contributed by atoms with E-state index in [-0.39, 0.29) is 28.8 Å². The molecule has 6 rings (SSSR count). The summed E-state index contributed by atoms with van der Waals surface area (Å²) in [5.41, 5.74) is 0.526. The van der Waals surface area contributed by atoms with E-state index in [0.717, 1.165) is 36.2 Å². The van der Waals surface area contributed by atoms with Gasteiger partial charge in [0.2, 0.25) is 0 Å². The lowest BCUT2D eigenvalue weighted by molar-refractivity contribution is -0.252. The fraction of sp³-hybridized carbons (Fsp3) is 0.655. The Morgan fingerprint density at radius 3 is 2.92 bits per heavy atom. The highest BCUT2D eigenvalue weighted by molar-refractivity contribution is 7.99. The Morgan fingerprint density at radius 1 is 1.33 bits per heavy atom. The largest absolute Gasteiger partial charge is 0.472 e. The smallest absolute Gasteiger partial charge is 0.178 e. The Balaban J connectivity index is 1.36. The third kappa shape index (κ3) is 3.35. The highest BCUT2D eigenvalue weighted by Gasteiger charge is 2.75. The lowest BCUT2D eigenvalue weighted by Gasteiger charge is -2.60. The summed E-state index contributed by atoms with van der Waals surface area (Å²) in [5, 5.41) is 13.8. The Bertz CT molecular complexity index is 1110. The van der Waals surface area contributed by atoms with E-state index in [1.807, 2.05) is 17.2 Å². The Hall–Kier alpha value is -1.67. The van der Waals surface area contributed by atoms with Crippen molar-refractivity contribution >= 4 is 23.3 Å². The van der Waals surface area contributed by atoms with Crippen molar-refractivity contribution in [3.8, 4) is 0 Å². The van der Waals surface area contributed by atoms with Crippen molar-refractivity contribution in [1.82, 2.24) is 5.06 Å². The highest BCUT2D eigenvalue weighted by atomic mass is 32.2. The molecule has 1 saturated heterocycles. The van der Waals surface area contributed by atoms with Gasteiger partial charge in [0, 0.05) is 34.8 Å². The van der Waals surface area contributed by atoms with Crippen LogP contribution in [0.5, 0.6) is 0 Å². The summed E-state index contributed by atoms with van der Waals surface area (Å²) in [5.74, 6) is 2.30. The maximum absolute atomic E-state index is 14.1. The van der Waals surface area contributed by atoms with Crippen LogP contribution >= 0.6 is 11.8 Å². The molecule has 5 aliphatic rings. The van der Waals surface area contributed by atoms with E-state index in [1.54, 1.807) is 36.4 Å². The molecule has 1 aliphatic heterocycles. The number of hydrogen-bond donors (Lipinski definition) is 1. The third-order valence-electron chi connectivity index (χ3n) is 10.3. The fourth-order valence-electron chi connectivity index (χ4n) is 8.92. The quantitative estimate of drug-likeness (QED) is 0.598. The molecule has 0 aromatic carbocycles. The number of hydrogen-bond acceptors (Lipinski definition) is 7. The molecule has 6 nitrogen and oxygen atoms in total. The van der Waals surface area contributed by atoms with Gasteiger partial charge in [0.15, 0.2) is 17.2 Å².